The minimum absolute atomic E-state index is 0.00134. The third-order valence-corrected chi connectivity index (χ3v) is 3.22. The zero-order valence-corrected chi connectivity index (χ0v) is 10.7. The Kier molecular flexibility index (Phi) is 4.33. The van der Waals surface area contributed by atoms with Gasteiger partial charge in [0.15, 0.2) is 0 Å². The number of carbonyl (C=O) groups excluding carboxylic acids is 1. The van der Waals surface area contributed by atoms with Gasteiger partial charge in [0.2, 0.25) is 0 Å². The van der Waals surface area contributed by atoms with Crippen molar-refractivity contribution < 1.29 is 9.90 Å². The van der Waals surface area contributed by atoms with E-state index < -0.39 is 0 Å². The van der Waals surface area contributed by atoms with E-state index in [1.165, 1.54) is 0 Å². The normalized spacial score (nSPS) is 17.8. The molecule has 0 atom stereocenters. The molecule has 1 aromatic heterocycles. The van der Waals surface area contributed by atoms with Gasteiger partial charge in [0.1, 0.15) is 5.69 Å². The van der Waals surface area contributed by atoms with Crippen molar-refractivity contribution in [2.45, 2.75) is 6.42 Å². The van der Waals surface area contributed by atoms with Gasteiger partial charge in [-0.25, -0.2) is 4.98 Å². The van der Waals surface area contributed by atoms with Crippen LogP contribution in [-0.2, 0) is 7.05 Å². The highest BCUT2D eigenvalue weighted by Crippen LogP contribution is 2.07. The molecule has 0 spiro atoms. The van der Waals surface area contributed by atoms with Crippen LogP contribution in [0.5, 0.6) is 0 Å². The Bertz CT molecular complexity index is 405. The standard InChI is InChI=1S/C12H20N4O2/c1-14-9-11(13-10-14)12(18)16-4-2-3-15(5-6-16)7-8-17/h9-10,17H,2-8H2,1H3. The maximum atomic E-state index is 12.2. The maximum absolute atomic E-state index is 12.2. The number of aryl methyl sites for hydroxylation is 1. The van der Waals surface area contributed by atoms with Crippen LogP contribution >= 0.6 is 0 Å². The first kappa shape index (κ1) is 13.0. The van der Waals surface area contributed by atoms with Crippen molar-refractivity contribution in [2.75, 3.05) is 39.3 Å². The number of rotatable bonds is 3. The van der Waals surface area contributed by atoms with E-state index in [1.54, 1.807) is 17.1 Å². The Hall–Kier alpha value is -1.40. The third-order valence-electron chi connectivity index (χ3n) is 3.22. The Morgan fingerprint density at radius 2 is 2.22 bits per heavy atom. The Labute approximate surface area is 107 Å². The molecule has 1 aliphatic rings. The molecule has 0 aliphatic carbocycles. The van der Waals surface area contributed by atoms with Gasteiger partial charge in [-0.15, -0.1) is 0 Å². The van der Waals surface area contributed by atoms with Gasteiger partial charge in [-0.05, 0) is 13.0 Å². The average molecular weight is 252 g/mol. The monoisotopic (exact) mass is 252 g/mol. The van der Waals surface area contributed by atoms with Crippen molar-refractivity contribution >= 4 is 5.91 Å². The largest absolute Gasteiger partial charge is 0.395 e. The van der Waals surface area contributed by atoms with Gasteiger partial charge in [0.25, 0.3) is 5.91 Å². The fraction of sp³-hybridized carbons (Fsp3) is 0.667. The zero-order chi connectivity index (χ0) is 13.0. The fourth-order valence-corrected chi connectivity index (χ4v) is 2.22. The highest BCUT2D eigenvalue weighted by atomic mass is 16.3. The van der Waals surface area contributed by atoms with Gasteiger partial charge < -0.3 is 14.6 Å². The van der Waals surface area contributed by atoms with Crippen LogP contribution in [0.15, 0.2) is 12.5 Å². The number of hydrogen-bond donors (Lipinski definition) is 1. The predicted octanol–water partition coefficient (Wildman–Crippen LogP) is -0.440. The van der Waals surface area contributed by atoms with E-state index in [0.29, 0.717) is 18.8 Å². The highest BCUT2D eigenvalue weighted by molar-refractivity contribution is 5.92. The molecule has 6 heteroatoms. The summed E-state index contributed by atoms with van der Waals surface area (Å²) >= 11 is 0. The molecule has 0 radical (unpaired) electrons. The minimum atomic E-state index is 0.00134. The zero-order valence-electron chi connectivity index (χ0n) is 10.7. The van der Waals surface area contributed by atoms with Crippen molar-refractivity contribution in [3.05, 3.63) is 18.2 Å². The first-order valence-corrected chi connectivity index (χ1v) is 6.31. The van der Waals surface area contributed by atoms with Crippen LogP contribution in [0.25, 0.3) is 0 Å². The molecule has 1 saturated heterocycles. The molecule has 0 unspecified atom stereocenters. The molecule has 1 fully saturated rings. The molecular weight excluding hydrogens is 232 g/mol. The van der Waals surface area contributed by atoms with E-state index in [-0.39, 0.29) is 12.5 Å². The second-order valence-corrected chi connectivity index (χ2v) is 4.64. The van der Waals surface area contributed by atoms with Crippen LogP contribution in [0.1, 0.15) is 16.9 Å². The molecular formula is C12H20N4O2. The van der Waals surface area contributed by atoms with Gasteiger partial charge in [-0.3, -0.25) is 9.69 Å². The number of amides is 1. The molecule has 0 saturated carbocycles. The van der Waals surface area contributed by atoms with E-state index >= 15 is 0 Å². The molecule has 1 aromatic rings. The summed E-state index contributed by atoms with van der Waals surface area (Å²) in [5.74, 6) is 0.00134. The maximum Gasteiger partial charge on any atom is 0.274 e. The van der Waals surface area contributed by atoms with Crippen LogP contribution in [0.3, 0.4) is 0 Å². The van der Waals surface area contributed by atoms with Gasteiger partial charge in [0, 0.05) is 39.4 Å². The highest BCUT2D eigenvalue weighted by Gasteiger charge is 2.21. The summed E-state index contributed by atoms with van der Waals surface area (Å²) < 4.78 is 1.78. The number of β-amino-alcohol motifs (C(OH)–C–C–N with tert-alkyl or cyclic N) is 1. The van der Waals surface area contributed by atoms with E-state index in [4.69, 9.17) is 5.11 Å². The topological polar surface area (TPSA) is 61.6 Å². The molecule has 1 amide bonds. The molecule has 18 heavy (non-hydrogen) atoms. The number of aliphatic hydroxyl groups is 1. The SMILES string of the molecule is Cn1cnc(C(=O)N2CCCN(CCO)CC2)c1. The van der Waals surface area contributed by atoms with E-state index in [2.05, 4.69) is 9.88 Å². The van der Waals surface area contributed by atoms with Crippen molar-refractivity contribution in [1.29, 1.82) is 0 Å². The molecule has 0 bridgehead atoms. The van der Waals surface area contributed by atoms with E-state index in [1.807, 2.05) is 11.9 Å². The predicted molar refractivity (Wildman–Crippen MR) is 67.3 cm³/mol. The number of imidazole rings is 1. The lowest BCUT2D eigenvalue weighted by atomic mass is 10.3. The molecule has 6 nitrogen and oxygen atoms in total. The second-order valence-electron chi connectivity index (χ2n) is 4.64. The number of aromatic nitrogens is 2. The first-order chi connectivity index (χ1) is 8.70. The Morgan fingerprint density at radius 1 is 1.39 bits per heavy atom. The van der Waals surface area contributed by atoms with Crippen molar-refractivity contribution in [3.63, 3.8) is 0 Å². The van der Waals surface area contributed by atoms with Gasteiger partial charge in [-0.1, -0.05) is 0 Å². The lowest BCUT2D eigenvalue weighted by Gasteiger charge is -2.20. The summed E-state index contributed by atoms with van der Waals surface area (Å²) in [6.07, 6.45) is 4.33. The summed E-state index contributed by atoms with van der Waals surface area (Å²) in [7, 11) is 1.86. The van der Waals surface area contributed by atoms with Crippen LogP contribution in [0.4, 0.5) is 0 Å². The second kappa shape index (κ2) is 5.97. The average Bonchev–Trinajstić information content (AvgIpc) is 2.65. The van der Waals surface area contributed by atoms with Crippen molar-refractivity contribution in [1.82, 2.24) is 19.4 Å². The van der Waals surface area contributed by atoms with Crippen molar-refractivity contribution in [2.24, 2.45) is 7.05 Å². The number of aliphatic hydroxyl groups excluding tert-OH is 1. The van der Waals surface area contributed by atoms with Crippen LogP contribution in [-0.4, -0.2) is 69.7 Å². The molecule has 1 aliphatic heterocycles. The molecule has 2 rings (SSSR count). The summed E-state index contributed by atoms with van der Waals surface area (Å²) in [4.78, 5) is 20.3. The van der Waals surface area contributed by atoms with E-state index in [9.17, 15) is 4.79 Å². The molecule has 2 heterocycles. The summed E-state index contributed by atoms with van der Waals surface area (Å²) in [5.41, 5.74) is 0.508. The van der Waals surface area contributed by atoms with Crippen molar-refractivity contribution in [3.8, 4) is 0 Å². The van der Waals surface area contributed by atoms with Crippen LogP contribution in [0.2, 0.25) is 0 Å². The molecule has 1 N–H and O–H groups in total. The number of carbonyl (C=O) groups is 1. The number of nitrogens with zero attached hydrogens (tertiary/aromatic N) is 4. The lowest BCUT2D eigenvalue weighted by molar-refractivity contribution is 0.0755. The smallest absolute Gasteiger partial charge is 0.274 e. The quantitative estimate of drug-likeness (QED) is 0.792. The first-order valence-electron chi connectivity index (χ1n) is 6.31. The van der Waals surface area contributed by atoms with E-state index in [0.717, 1.165) is 26.1 Å². The van der Waals surface area contributed by atoms with Gasteiger partial charge in [0.05, 0.1) is 12.9 Å². The lowest BCUT2D eigenvalue weighted by Crippen LogP contribution is -2.36. The van der Waals surface area contributed by atoms with Crippen LogP contribution in [0, 0.1) is 0 Å². The fourth-order valence-electron chi connectivity index (χ4n) is 2.22. The van der Waals surface area contributed by atoms with Crippen LogP contribution < -0.4 is 0 Å². The summed E-state index contributed by atoms with van der Waals surface area (Å²) in [6, 6.07) is 0. The minimum Gasteiger partial charge on any atom is -0.395 e. The molecule has 100 valence electrons. The van der Waals surface area contributed by atoms with Gasteiger partial charge >= 0.3 is 0 Å². The Balaban J connectivity index is 1.95. The number of hydrogen-bond acceptors (Lipinski definition) is 4. The third kappa shape index (κ3) is 3.08. The summed E-state index contributed by atoms with van der Waals surface area (Å²) in [6.45, 7) is 4.08. The molecule has 0 aromatic carbocycles. The Morgan fingerprint density at radius 3 is 2.89 bits per heavy atom. The van der Waals surface area contributed by atoms with Gasteiger partial charge in [-0.2, -0.15) is 0 Å². The summed E-state index contributed by atoms with van der Waals surface area (Å²) in [5, 5.41) is 8.93.